The second-order valence-electron chi connectivity index (χ2n) is 5.05. The van der Waals surface area contributed by atoms with E-state index in [1.54, 1.807) is 12.1 Å². The number of carbonyl (C=O) groups is 1. The van der Waals surface area contributed by atoms with Crippen molar-refractivity contribution in [3.05, 3.63) is 28.5 Å². The van der Waals surface area contributed by atoms with Crippen LogP contribution in [0, 0.1) is 5.82 Å². The quantitative estimate of drug-likeness (QED) is 0.575. The molecular weight excluding hydrogens is 321 g/mol. The van der Waals surface area contributed by atoms with E-state index in [0.717, 1.165) is 12.8 Å². The Balaban J connectivity index is 2.15. The highest BCUT2D eigenvalue weighted by Gasteiger charge is 2.05. The van der Waals surface area contributed by atoms with Gasteiger partial charge >= 0.3 is 0 Å². The van der Waals surface area contributed by atoms with Crippen LogP contribution in [0.2, 0.25) is 0 Å². The maximum absolute atomic E-state index is 13.3. The summed E-state index contributed by atoms with van der Waals surface area (Å²) >= 11 is 3.08. The average molecular weight is 344 g/mol. The lowest BCUT2D eigenvalue weighted by Crippen LogP contribution is -2.11. The summed E-state index contributed by atoms with van der Waals surface area (Å²) in [5, 5.41) is 2.72. The summed E-state index contributed by atoms with van der Waals surface area (Å²) in [5.74, 6) is -0.404. The number of benzene rings is 1. The minimum Gasteiger partial charge on any atom is -0.326 e. The first kappa shape index (κ1) is 17.2. The number of hydrogen-bond acceptors (Lipinski definition) is 1. The Morgan fingerprint density at radius 2 is 1.80 bits per heavy atom. The fourth-order valence-electron chi connectivity index (χ4n) is 2.04. The van der Waals surface area contributed by atoms with Crippen LogP contribution in [-0.4, -0.2) is 5.91 Å². The lowest BCUT2D eigenvalue weighted by Gasteiger charge is -2.06. The van der Waals surface area contributed by atoms with Crippen molar-refractivity contribution in [3.8, 4) is 0 Å². The van der Waals surface area contributed by atoms with Crippen LogP contribution in [0.4, 0.5) is 10.1 Å². The third kappa shape index (κ3) is 7.04. The Bertz CT molecular complexity index is 423. The fourth-order valence-corrected chi connectivity index (χ4v) is 2.29. The summed E-state index contributed by atoms with van der Waals surface area (Å²) in [6.07, 6.45) is 8.80. The van der Waals surface area contributed by atoms with Gasteiger partial charge in [0, 0.05) is 12.1 Å². The Morgan fingerprint density at radius 1 is 1.15 bits per heavy atom. The van der Waals surface area contributed by atoms with Crippen LogP contribution in [0.3, 0.4) is 0 Å². The van der Waals surface area contributed by atoms with Crippen LogP contribution in [0.5, 0.6) is 0 Å². The molecule has 0 saturated heterocycles. The van der Waals surface area contributed by atoms with Gasteiger partial charge < -0.3 is 5.32 Å². The molecule has 0 unspecified atom stereocenters. The first-order valence-corrected chi connectivity index (χ1v) is 8.17. The van der Waals surface area contributed by atoms with Gasteiger partial charge in [-0.3, -0.25) is 4.79 Å². The fraction of sp³-hybridized carbons (Fsp3) is 0.562. The van der Waals surface area contributed by atoms with E-state index in [4.69, 9.17) is 0 Å². The molecule has 1 aromatic carbocycles. The third-order valence-corrected chi connectivity index (χ3v) is 3.85. The van der Waals surface area contributed by atoms with E-state index >= 15 is 0 Å². The Hall–Kier alpha value is -0.900. The molecule has 0 heterocycles. The lowest BCUT2D eigenvalue weighted by atomic mass is 10.1. The standard InChI is InChI=1S/C16H23BrFNO/c1-2-3-4-5-6-7-8-9-16(20)19-13-10-11-14(17)15(18)12-13/h10-12H,2-9H2,1H3,(H,19,20). The average Bonchev–Trinajstić information content (AvgIpc) is 2.42. The summed E-state index contributed by atoms with van der Waals surface area (Å²) in [7, 11) is 0. The van der Waals surface area contributed by atoms with Gasteiger partial charge in [-0.1, -0.05) is 45.4 Å². The Labute approximate surface area is 129 Å². The Kier molecular flexibility index (Phi) is 8.51. The third-order valence-electron chi connectivity index (χ3n) is 3.21. The zero-order valence-electron chi connectivity index (χ0n) is 12.1. The highest BCUT2D eigenvalue weighted by Crippen LogP contribution is 2.19. The number of rotatable bonds is 9. The van der Waals surface area contributed by atoms with E-state index in [9.17, 15) is 9.18 Å². The molecule has 2 nitrogen and oxygen atoms in total. The summed E-state index contributed by atoms with van der Waals surface area (Å²) in [6, 6.07) is 4.61. The molecule has 1 amide bonds. The van der Waals surface area contributed by atoms with Gasteiger partial charge in [-0.25, -0.2) is 4.39 Å². The molecule has 0 fully saturated rings. The summed E-state index contributed by atoms with van der Waals surface area (Å²) < 4.78 is 13.7. The number of nitrogens with one attached hydrogen (secondary N) is 1. The van der Waals surface area contributed by atoms with Crippen LogP contribution in [-0.2, 0) is 4.79 Å². The number of unbranched alkanes of at least 4 members (excludes halogenated alkanes) is 6. The summed E-state index contributed by atoms with van der Waals surface area (Å²) in [5.41, 5.74) is 0.513. The smallest absolute Gasteiger partial charge is 0.224 e. The van der Waals surface area contributed by atoms with Gasteiger partial charge in [-0.15, -0.1) is 0 Å². The molecule has 1 aromatic rings. The zero-order chi connectivity index (χ0) is 14.8. The molecule has 0 aliphatic carbocycles. The van der Waals surface area contributed by atoms with Crippen LogP contribution in [0.1, 0.15) is 58.3 Å². The van der Waals surface area contributed by atoms with Crippen LogP contribution in [0.25, 0.3) is 0 Å². The second-order valence-corrected chi connectivity index (χ2v) is 5.90. The monoisotopic (exact) mass is 343 g/mol. The van der Waals surface area contributed by atoms with Crippen LogP contribution in [0.15, 0.2) is 22.7 Å². The largest absolute Gasteiger partial charge is 0.326 e. The molecule has 0 aliphatic rings. The molecule has 0 radical (unpaired) electrons. The molecule has 0 atom stereocenters. The molecule has 1 N–H and O–H groups in total. The normalized spacial score (nSPS) is 10.6. The topological polar surface area (TPSA) is 29.1 Å². The molecule has 0 bridgehead atoms. The lowest BCUT2D eigenvalue weighted by molar-refractivity contribution is -0.116. The molecule has 0 saturated carbocycles. The minimum atomic E-state index is -0.362. The predicted molar refractivity (Wildman–Crippen MR) is 85.3 cm³/mol. The van der Waals surface area contributed by atoms with E-state index < -0.39 is 0 Å². The molecule has 0 aliphatic heterocycles. The van der Waals surface area contributed by atoms with Gasteiger partial charge in [-0.05, 0) is 40.5 Å². The van der Waals surface area contributed by atoms with Crippen molar-refractivity contribution in [2.24, 2.45) is 0 Å². The van der Waals surface area contributed by atoms with Crippen molar-refractivity contribution in [1.29, 1.82) is 0 Å². The van der Waals surface area contributed by atoms with Gasteiger partial charge in [0.25, 0.3) is 0 Å². The predicted octanol–water partition coefficient (Wildman–Crippen LogP) is 5.67. The summed E-state index contributed by atoms with van der Waals surface area (Å²) in [6.45, 7) is 2.20. The van der Waals surface area contributed by atoms with Crippen molar-refractivity contribution in [1.82, 2.24) is 0 Å². The van der Waals surface area contributed by atoms with Crippen molar-refractivity contribution < 1.29 is 9.18 Å². The maximum Gasteiger partial charge on any atom is 0.224 e. The summed E-state index contributed by atoms with van der Waals surface area (Å²) in [4.78, 5) is 11.7. The van der Waals surface area contributed by atoms with Crippen molar-refractivity contribution in [3.63, 3.8) is 0 Å². The van der Waals surface area contributed by atoms with Gasteiger partial charge in [0.15, 0.2) is 0 Å². The highest BCUT2D eigenvalue weighted by atomic mass is 79.9. The van der Waals surface area contributed by atoms with Crippen molar-refractivity contribution >= 4 is 27.5 Å². The van der Waals surface area contributed by atoms with Gasteiger partial charge in [0.2, 0.25) is 5.91 Å². The molecular formula is C16H23BrFNO. The van der Waals surface area contributed by atoms with Crippen LogP contribution >= 0.6 is 15.9 Å². The van der Waals surface area contributed by atoms with Crippen molar-refractivity contribution in [2.75, 3.05) is 5.32 Å². The van der Waals surface area contributed by atoms with E-state index in [0.29, 0.717) is 16.6 Å². The van der Waals surface area contributed by atoms with Gasteiger partial charge in [0.1, 0.15) is 5.82 Å². The number of hydrogen-bond donors (Lipinski definition) is 1. The van der Waals surface area contributed by atoms with E-state index in [1.807, 2.05) is 0 Å². The van der Waals surface area contributed by atoms with Gasteiger partial charge in [0.05, 0.1) is 4.47 Å². The zero-order valence-corrected chi connectivity index (χ0v) is 13.6. The molecule has 0 spiro atoms. The number of carbonyl (C=O) groups excluding carboxylic acids is 1. The highest BCUT2D eigenvalue weighted by molar-refractivity contribution is 9.10. The molecule has 112 valence electrons. The maximum atomic E-state index is 13.3. The minimum absolute atomic E-state index is 0.0414. The van der Waals surface area contributed by atoms with E-state index in [2.05, 4.69) is 28.2 Å². The van der Waals surface area contributed by atoms with Gasteiger partial charge in [-0.2, -0.15) is 0 Å². The number of amides is 1. The van der Waals surface area contributed by atoms with Crippen LogP contribution < -0.4 is 5.32 Å². The van der Waals surface area contributed by atoms with E-state index in [1.165, 1.54) is 38.2 Å². The SMILES string of the molecule is CCCCCCCCCC(=O)Nc1ccc(Br)c(F)c1. The van der Waals surface area contributed by atoms with E-state index in [-0.39, 0.29) is 11.7 Å². The second kappa shape index (κ2) is 9.92. The molecule has 20 heavy (non-hydrogen) atoms. The van der Waals surface area contributed by atoms with Crippen molar-refractivity contribution in [2.45, 2.75) is 58.3 Å². The first-order valence-electron chi connectivity index (χ1n) is 7.38. The molecule has 1 rings (SSSR count). The first-order chi connectivity index (χ1) is 9.63. The number of halogens is 2. The molecule has 0 aromatic heterocycles. The molecule has 4 heteroatoms. The Morgan fingerprint density at radius 3 is 2.45 bits per heavy atom. The number of anilines is 1.